The fraction of sp³-hybridized carbons (Fsp3) is 0.120. The Labute approximate surface area is 160 Å². The first-order valence-electron chi connectivity index (χ1n) is 8.95. The molecule has 1 atom stereocenters. The van der Waals surface area contributed by atoms with Gasteiger partial charge in [-0.25, -0.2) is 0 Å². The van der Waals surface area contributed by atoms with E-state index in [1.54, 1.807) is 7.11 Å². The molecule has 1 aliphatic rings. The lowest BCUT2D eigenvalue weighted by Gasteiger charge is -2.26. The molecule has 0 bridgehead atoms. The molecule has 4 rings (SSSR count). The second kappa shape index (κ2) is 7.43. The van der Waals surface area contributed by atoms with Crippen molar-refractivity contribution in [2.24, 2.45) is 0 Å². The highest BCUT2D eigenvalue weighted by Crippen LogP contribution is 2.41. The van der Waals surface area contributed by atoms with Crippen LogP contribution in [0.25, 0.3) is 5.76 Å². The molecule has 0 saturated heterocycles. The number of methoxy groups -OCH3 is 1. The van der Waals surface area contributed by atoms with Gasteiger partial charge in [0.2, 0.25) is 0 Å². The Morgan fingerprint density at radius 1 is 0.852 bits per heavy atom. The van der Waals surface area contributed by atoms with Crippen molar-refractivity contribution < 1.29 is 9.47 Å². The van der Waals surface area contributed by atoms with E-state index in [1.807, 2.05) is 72.8 Å². The summed E-state index contributed by atoms with van der Waals surface area (Å²) in [7, 11) is 1.67. The number of fused-ring (bicyclic) bond motifs is 1. The van der Waals surface area contributed by atoms with Crippen LogP contribution in [0.15, 0.2) is 84.4 Å². The van der Waals surface area contributed by atoms with Crippen molar-refractivity contribution in [2.45, 2.75) is 12.8 Å². The quantitative estimate of drug-likeness (QED) is 0.555. The average molecular weight is 352 g/mol. The van der Waals surface area contributed by atoms with Gasteiger partial charge in [-0.1, -0.05) is 48.2 Å². The van der Waals surface area contributed by atoms with Crippen LogP contribution in [-0.4, -0.2) is 7.11 Å². The minimum absolute atomic E-state index is 0.00717. The van der Waals surface area contributed by atoms with Gasteiger partial charge in [0.15, 0.2) is 0 Å². The van der Waals surface area contributed by atoms with Crippen LogP contribution in [0, 0.1) is 11.8 Å². The molecule has 132 valence electrons. The highest BCUT2D eigenvalue weighted by molar-refractivity contribution is 5.72. The van der Waals surface area contributed by atoms with Gasteiger partial charge in [-0.15, -0.1) is 0 Å². The van der Waals surface area contributed by atoms with Crippen molar-refractivity contribution in [2.75, 3.05) is 7.11 Å². The second-order valence-electron chi connectivity index (χ2n) is 6.45. The summed E-state index contributed by atoms with van der Waals surface area (Å²) in [6.45, 7) is 2.10. The zero-order valence-corrected chi connectivity index (χ0v) is 15.4. The maximum atomic E-state index is 6.26. The van der Waals surface area contributed by atoms with E-state index in [0.29, 0.717) is 0 Å². The van der Waals surface area contributed by atoms with Crippen LogP contribution in [0.3, 0.4) is 0 Å². The molecule has 0 spiro atoms. The molecular formula is C25H20O2. The van der Waals surface area contributed by atoms with Crippen molar-refractivity contribution in [3.05, 3.63) is 101 Å². The summed E-state index contributed by atoms with van der Waals surface area (Å²) < 4.78 is 11.5. The van der Waals surface area contributed by atoms with Gasteiger partial charge in [0.25, 0.3) is 0 Å². The molecule has 0 saturated carbocycles. The van der Waals surface area contributed by atoms with Crippen LogP contribution >= 0.6 is 0 Å². The Morgan fingerprint density at radius 2 is 1.56 bits per heavy atom. The number of benzene rings is 3. The predicted molar refractivity (Wildman–Crippen MR) is 109 cm³/mol. The monoisotopic (exact) mass is 352 g/mol. The van der Waals surface area contributed by atoms with Crippen LogP contribution < -0.4 is 9.47 Å². The molecule has 2 nitrogen and oxygen atoms in total. The Kier molecular flexibility index (Phi) is 4.68. The molecule has 1 heterocycles. The molecule has 0 N–H and O–H groups in total. The second-order valence-corrected chi connectivity index (χ2v) is 6.45. The normalized spacial score (nSPS) is 15.3. The van der Waals surface area contributed by atoms with Gasteiger partial charge in [-0.05, 0) is 55.0 Å². The van der Waals surface area contributed by atoms with Gasteiger partial charge >= 0.3 is 0 Å². The summed E-state index contributed by atoms with van der Waals surface area (Å²) >= 11 is 0. The molecule has 0 unspecified atom stereocenters. The highest BCUT2D eigenvalue weighted by atomic mass is 16.5. The molecular weight excluding hydrogens is 332 g/mol. The van der Waals surface area contributed by atoms with Gasteiger partial charge in [0.05, 0.1) is 13.0 Å². The van der Waals surface area contributed by atoms with E-state index in [9.17, 15) is 0 Å². The molecule has 3 aromatic rings. The van der Waals surface area contributed by atoms with E-state index >= 15 is 0 Å². The summed E-state index contributed by atoms with van der Waals surface area (Å²) in [5, 5.41) is 0. The molecule has 27 heavy (non-hydrogen) atoms. The Hall–Kier alpha value is -3.44. The number of hydrogen-bond acceptors (Lipinski definition) is 2. The van der Waals surface area contributed by atoms with Crippen LogP contribution in [0.2, 0.25) is 0 Å². The first-order valence-corrected chi connectivity index (χ1v) is 8.95. The number of para-hydroxylation sites is 1. The number of ether oxygens (including phenoxy) is 2. The lowest BCUT2D eigenvalue weighted by Crippen LogP contribution is -2.12. The first kappa shape index (κ1) is 17.0. The molecule has 3 aromatic carbocycles. The van der Waals surface area contributed by atoms with Crippen LogP contribution in [0.4, 0.5) is 0 Å². The zero-order valence-electron chi connectivity index (χ0n) is 15.4. The molecule has 1 aliphatic heterocycles. The highest BCUT2D eigenvalue weighted by Gasteiger charge is 2.26. The number of hydrogen-bond donors (Lipinski definition) is 0. The van der Waals surface area contributed by atoms with Crippen molar-refractivity contribution >= 4 is 5.76 Å². The van der Waals surface area contributed by atoms with E-state index < -0.39 is 0 Å². The average Bonchev–Trinajstić information content (AvgIpc) is 2.73. The summed E-state index contributed by atoms with van der Waals surface area (Å²) in [5.74, 6) is 9.32. The standard InChI is InChI=1S/C25H20O2/c1-18-22(17-12-19-8-4-3-5-9-19)23-10-6-7-11-24(23)27-25(18)20-13-15-21(26-2)16-14-20/h3-11,13-16,22H,1-2H3/t22-/m0/s1. The minimum atomic E-state index is -0.00717. The third-order valence-corrected chi connectivity index (χ3v) is 4.72. The molecule has 0 fully saturated rings. The largest absolute Gasteiger partial charge is 0.497 e. The van der Waals surface area contributed by atoms with Gasteiger partial charge in [-0.2, -0.15) is 0 Å². The maximum Gasteiger partial charge on any atom is 0.135 e. The number of allylic oxidation sites excluding steroid dienone is 1. The lowest BCUT2D eigenvalue weighted by molar-refractivity contribution is 0.414. The van der Waals surface area contributed by atoms with Crippen LogP contribution in [0.1, 0.15) is 29.5 Å². The fourth-order valence-electron chi connectivity index (χ4n) is 3.26. The molecule has 0 aliphatic carbocycles. The van der Waals surface area contributed by atoms with Crippen molar-refractivity contribution in [3.8, 4) is 23.3 Å². The van der Waals surface area contributed by atoms with E-state index in [-0.39, 0.29) is 5.92 Å². The minimum Gasteiger partial charge on any atom is -0.497 e. The van der Waals surface area contributed by atoms with E-state index in [1.165, 1.54) is 0 Å². The topological polar surface area (TPSA) is 18.5 Å². The summed E-state index contributed by atoms with van der Waals surface area (Å²) in [6, 6.07) is 26.1. The Balaban J connectivity index is 1.79. The smallest absolute Gasteiger partial charge is 0.135 e. The van der Waals surface area contributed by atoms with Gasteiger partial charge in [0, 0.05) is 16.7 Å². The van der Waals surface area contributed by atoms with Crippen molar-refractivity contribution in [1.29, 1.82) is 0 Å². The summed E-state index contributed by atoms with van der Waals surface area (Å²) in [6.07, 6.45) is 0. The third-order valence-electron chi connectivity index (χ3n) is 4.72. The molecule has 2 heteroatoms. The molecule has 0 aromatic heterocycles. The van der Waals surface area contributed by atoms with Crippen molar-refractivity contribution in [3.63, 3.8) is 0 Å². The maximum absolute atomic E-state index is 6.26. The van der Waals surface area contributed by atoms with E-state index in [4.69, 9.17) is 9.47 Å². The predicted octanol–water partition coefficient (Wildman–Crippen LogP) is 5.65. The van der Waals surface area contributed by atoms with Crippen molar-refractivity contribution in [1.82, 2.24) is 0 Å². The number of rotatable bonds is 2. The third kappa shape index (κ3) is 3.45. The molecule has 0 amide bonds. The van der Waals surface area contributed by atoms with Crippen LogP contribution in [-0.2, 0) is 0 Å². The SMILES string of the molecule is COc1ccc(C2=C(C)[C@H](C#Cc3ccccc3)c3ccccc3O2)cc1. The van der Waals surface area contributed by atoms with Gasteiger partial charge in [-0.3, -0.25) is 0 Å². The fourth-order valence-corrected chi connectivity index (χ4v) is 3.26. The van der Waals surface area contributed by atoms with Crippen LogP contribution in [0.5, 0.6) is 11.5 Å². The van der Waals surface area contributed by atoms with Gasteiger partial charge in [0.1, 0.15) is 17.3 Å². The summed E-state index contributed by atoms with van der Waals surface area (Å²) in [4.78, 5) is 0. The van der Waals surface area contributed by atoms with Gasteiger partial charge < -0.3 is 9.47 Å². The Bertz CT molecular complexity index is 1030. The Morgan fingerprint density at radius 3 is 2.30 bits per heavy atom. The van der Waals surface area contributed by atoms with E-state index in [2.05, 4.69) is 24.8 Å². The van der Waals surface area contributed by atoms with E-state index in [0.717, 1.165) is 39.5 Å². The molecule has 0 radical (unpaired) electrons. The summed E-state index contributed by atoms with van der Waals surface area (Å²) in [5.41, 5.74) is 4.26. The lowest BCUT2D eigenvalue weighted by atomic mass is 9.87. The zero-order chi connectivity index (χ0) is 18.6. The first-order chi connectivity index (χ1) is 13.3.